The molecule has 1 amide bonds. The average molecular weight is 274 g/mol. The zero-order valence-electron chi connectivity index (χ0n) is 11.3. The van der Waals surface area contributed by atoms with Crippen molar-refractivity contribution in [1.82, 2.24) is 4.90 Å². The first-order chi connectivity index (χ1) is 9.58. The minimum absolute atomic E-state index is 0.0671. The number of amides is 1. The Hall–Kier alpha value is -1.88. The Labute approximate surface area is 117 Å². The van der Waals surface area contributed by atoms with Crippen LogP contribution in [0.1, 0.15) is 12.8 Å². The van der Waals surface area contributed by atoms with Crippen molar-refractivity contribution in [3.05, 3.63) is 30.3 Å². The standard InChI is InChI=1S/C15H18N2O3/c18-13-8-15(6-7-16(10-15)9-14(19)20)11-17(13)12-4-2-1-3-5-12/h1-5H,6-11H2,(H,19,20)/t15-/m1/s1. The molecule has 106 valence electrons. The molecule has 20 heavy (non-hydrogen) atoms. The zero-order valence-corrected chi connectivity index (χ0v) is 11.3. The Kier molecular flexibility index (Phi) is 3.22. The van der Waals surface area contributed by atoms with Crippen molar-refractivity contribution >= 4 is 17.6 Å². The fourth-order valence-corrected chi connectivity index (χ4v) is 3.37. The number of rotatable bonds is 3. The Morgan fingerprint density at radius 2 is 2.00 bits per heavy atom. The molecule has 1 aromatic rings. The summed E-state index contributed by atoms with van der Waals surface area (Å²) in [6, 6.07) is 9.68. The smallest absolute Gasteiger partial charge is 0.317 e. The third-order valence-electron chi connectivity index (χ3n) is 4.26. The molecule has 2 saturated heterocycles. The highest BCUT2D eigenvalue weighted by Crippen LogP contribution is 2.41. The van der Waals surface area contributed by atoms with Crippen LogP contribution in [0.15, 0.2) is 30.3 Å². The van der Waals surface area contributed by atoms with Gasteiger partial charge in [-0.1, -0.05) is 18.2 Å². The summed E-state index contributed by atoms with van der Waals surface area (Å²) in [7, 11) is 0. The first-order valence-electron chi connectivity index (χ1n) is 6.88. The highest BCUT2D eigenvalue weighted by molar-refractivity contribution is 5.96. The maximum atomic E-state index is 12.3. The second-order valence-electron chi connectivity index (χ2n) is 5.85. The van der Waals surface area contributed by atoms with Crippen LogP contribution in [-0.2, 0) is 9.59 Å². The lowest BCUT2D eigenvalue weighted by Crippen LogP contribution is -2.33. The van der Waals surface area contributed by atoms with E-state index < -0.39 is 5.97 Å². The third-order valence-corrected chi connectivity index (χ3v) is 4.26. The van der Waals surface area contributed by atoms with Crippen molar-refractivity contribution in [3.63, 3.8) is 0 Å². The summed E-state index contributed by atoms with van der Waals surface area (Å²) in [5.41, 5.74) is 0.869. The van der Waals surface area contributed by atoms with E-state index in [1.165, 1.54) is 0 Å². The van der Waals surface area contributed by atoms with Gasteiger partial charge in [-0.3, -0.25) is 14.5 Å². The molecule has 1 spiro atoms. The van der Waals surface area contributed by atoms with Gasteiger partial charge in [0.15, 0.2) is 0 Å². The highest BCUT2D eigenvalue weighted by Gasteiger charge is 2.47. The van der Waals surface area contributed by atoms with Gasteiger partial charge in [0.1, 0.15) is 0 Å². The van der Waals surface area contributed by atoms with Crippen molar-refractivity contribution in [2.45, 2.75) is 12.8 Å². The molecule has 2 aliphatic heterocycles. The summed E-state index contributed by atoms with van der Waals surface area (Å²) in [5, 5.41) is 8.87. The van der Waals surface area contributed by atoms with E-state index in [-0.39, 0.29) is 17.9 Å². The first kappa shape index (κ1) is 13.1. The zero-order chi connectivity index (χ0) is 14.2. The minimum atomic E-state index is -0.800. The number of carbonyl (C=O) groups is 2. The van der Waals surface area contributed by atoms with Crippen LogP contribution in [0, 0.1) is 5.41 Å². The number of nitrogens with zero attached hydrogens (tertiary/aromatic N) is 2. The average Bonchev–Trinajstić information content (AvgIpc) is 2.94. The van der Waals surface area contributed by atoms with Crippen LogP contribution >= 0.6 is 0 Å². The van der Waals surface area contributed by atoms with E-state index in [0.717, 1.165) is 18.7 Å². The van der Waals surface area contributed by atoms with Gasteiger partial charge in [0, 0.05) is 30.6 Å². The van der Waals surface area contributed by atoms with Gasteiger partial charge in [-0.15, -0.1) is 0 Å². The summed E-state index contributed by atoms with van der Waals surface area (Å²) < 4.78 is 0. The second kappa shape index (κ2) is 4.90. The van der Waals surface area contributed by atoms with Crippen molar-refractivity contribution in [1.29, 1.82) is 0 Å². The molecule has 0 bridgehead atoms. The van der Waals surface area contributed by atoms with Crippen LogP contribution < -0.4 is 4.90 Å². The number of carboxylic acid groups (broad SMARTS) is 1. The molecule has 1 aromatic carbocycles. The number of benzene rings is 1. The predicted octanol–water partition coefficient (Wildman–Crippen LogP) is 1.20. The normalized spacial score (nSPS) is 26.6. The first-order valence-corrected chi connectivity index (χ1v) is 6.88. The van der Waals surface area contributed by atoms with Crippen LogP contribution in [0.25, 0.3) is 0 Å². The Bertz CT molecular complexity index is 531. The molecule has 5 heteroatoms. The number of para-hydroxylation sites is 1. The van der Waals surface area contributed by atoms with Gasteiger partial charge in [0.2, 0.25) is 5.91 Å². The molecule has 1 atom stereocenters. The summed E-state index contributed by atoms with van der Waals surface area (Å²) in [4.78, 5) is 26.8. The Morgan fingerprint density at radius 1 is 1.25 bits per heavy atom. The van der Waals surface area contributed by atoms with E-state index >= 15 is 0 Å². The molecule has 3 rings (SSSR count). The molecule has 0 unspecified atom stereocenters. The SMILES string of the molecule is O=C(O)CN1CC[C@@]2(CC(=O)N(c3ccccc3)C2)C1. The van der Waals surface area contributed by atoms with E-state index in [1.54, 1.807) is 0 Å². The fraction of sp³-hybridized carbons (Fsp3) is 0.467. The number of aliphatic carboxylic acids is 1. The monoisotopic (exact) mass is 274 g/mol. The quantitative estimate of drug-likeness (QED) is 0.899. The highest BCUT2D eigenvalue weighted by atomic mass is 16.4. The topological polar surface area (TPSA) is 60.9 Å². The number of carboxylic acids is 1. The maximum Gasteiger partial charge on any atom is 0.317 e. The summed E-state index contributed by atoms with van der Waals surface area (Å²) in [6.45, 7) is 2.24. The molecular formula is C15H18N2O3. The lowest BCUT2D eigenvalue weighted by Gasteiger charge is -2.23. The van der Waals surface area contributed by atoms with E-state index in [9.17, 15) is 9.59 Å². The van der Waals surface area contributed by atoms with Gasteiger partial charge < -0.3 is 10.0 Å². The van der Waals surface area contributed by atoms with Crippen molar-refractivity contribution in [3.8, 4) is 0 Å². The van der Waals surface area contributed by atoms with E-state index in [1.807, 2.05) is 40.1 Å². The van der Waals surface area contributed by atoms with Gasteiger partial charge in [0.05, 0.1) is 6.54 Å². The maximum absolute atomic E-state index is 12.3. The van der Waals surface area contributed by atoms with Crippen molar-refractivity contribution < 1.29 is 14.7 Å². The van der Waals surface area contributed by atoms with Crippen LogP contribution in [0.5, 0.6) is 0 Å². The lowest BCUT2D eigenvalue weighted by molar-refractivity contribution is -0.138. The van der Waals surface area contributed by atoms with Gasteiger partial charge >= 0.3 is 5.97 Å². The predicted molar refractivity (Wildman–Crippen MR) is 74.5 cm³/mol. The molecule has 0 saturated carbocycles. The molecule has 2 fully saturated rings. The van der Waals surface area contributed by atoms with E-state index in [4.69, 9.17) is 5.11 Å². The number of hydrogen-bond acceptors (Lipinski definition) is 3. The summed E-state index contributed by atoms with van der Waals surface area (Å²) in [6.07, 6.45) is 1.42. The summed E-state index contributed by atoms with van der Waals surface area (Å²) in [5.74, 6) is -0.653. The number of anilines is 1. The van der Waals surface area contributed by atoms with Crippen LogP contribution in [-0.4, -0.2) is 48.1 Å². The summed E-state index contributed by atoms with van der Waals surface area (Å²) >= 11 is 0. The molecule has 0 aliphatic carbocycles. The number of carbonyl (C=O) groups excluding carboxylic acids is 1. The largest absolute Gasteiger partial charge is 0.480 e. The molecule has 1 N–H and O–H groups in total. The van der Waals surface area contributed by atoms with Gasteiger partial charge in [-0.2, -0.15) is 0 Å². The number of likely N-dealkylation sites (tertiary alicyclic amines) is 1. The second-order valence-corrected chi connectivity index (χ2v) is 5.85. The molecule has 5 nitrogen and oxygen atoms in total. The molecule has 2 heterocycles. The molecule has 0 radical (unpaired) electrons. The number of hydrogen-bond donors (Lipinski definition) is 1. The van der Waals surface area contributed by atoms with E-state index in [2.05, 4.69) is 0 Å². The minimum Gasteiger partial charge on any atom is -0.480 e. The Balaban J connectivity index is 1.73. The third kappa shape index (κ3) is 2.41. The van der Waals surface area contributed by atoms with Crippen LogP contribution in [0.2, 0.25) is 0 Å². The fourth-order valence-electron chi connectivity index (χ4n) is 3.37. The van der Waals surface area contributed by atoms with E-state index in [0.29, 0.717) is 19.5 Å². The van der Waals surface area contributed by atoms with Gasteiger partial charge in [-0.25, -0.2) is 0 Å². The molecule has 0 aromatic heterocycles. The van der Waals surface area contributed by atoms with Crippen molar-refractivity contribution in [2.75, 3.05) is 31.1 Å². The van der Waals surface area contributed by atoms with Crippen LogP contribution in [0.3, 0.4) is 0 Å². The van der Waals surface area contributed by atoms with Crippen molar-refractivity contribution in [2.24, 2.45) is 5.41 Å². The molecule has 2 aliphatic rings. The van der Waals surface area contributed by atoms with Gasteiger partial charge in [0.25, 0.3) is 0 Å². The Morgan fingerprint density at radius 3 is 2.70 bits per heavy atom. The molecular weight excluding hydrogens is 256 g/mol. The lowest BCUT2D eigenvalue weighted by atomic mass is 9.86. The van der Waals surface area contributed by atoms with Gasteiger partial charge in [-0.05, 0) is 25.1 Å². The van der Waals surface area contributed by atoms with Crippen LogP contribution in [0.4, 0.5) is 5.69 Å².